The molecule has 1 aromatic carbocycles. The van der Waals surface area contributed by atoms with Gasteiger partial charge in [-0.2, -0.15) is 0 Å². The molecule has 0 aliphatic carbocycles. The summed E-state index contributed by atoms with van der Waals surface area (Å²) in [6.07, 6.45) is 1.58. The molecule has 0 spiro atoms. The van der Waals surface area contributed by atoms with Crippen LogP contribution in [-0.2, 0) is 9.59 Å². The van der Waals surface area contributed by atoms with E-state index in [1.807, 2.05) is 20.8 Å². The van der Waals surface area contributed by atoms with E-state index < -0.39 is 5.41 Å². The maximum atomic E-state index is 12.5. The molecule has 0 bridgehead atoms. The van der Waals surface area contributed by atoms with Crippen LogP contribution in [-0.4, -0.2) is 29.8 Å². The van der Waals surface area contributed by atoms with Crippen molar-refractivity contribution in [3.8, 4) is 0 Å². The minimum Gasteiger partial charge on any atom is -0.341 e. The SMILES string of the molecule is CC(C)(C)C(=O)N1CCCC(C(=O)Nc2cccc(Cl)c2Cl)C1. The molecule has 4 nitrogen and oxygen atoms in total. The summed E-state index contributed by atoms with van der Waals surface area (Å²) in [4.78, 5) is 26.7. The number of piperidine rings is 1. The molecule has 1 heterocycles. The molecule has 1 aliphatic rings. The van der Waals surface area contributed by atoms with Gasteiger partial charge in [0.25, 0.3) is 0 Å². The smallest absolute Gasteiger partial charge is 0.229 e. The lowest BCUT2D eigenvalue weighted by Crippen LogP contribution is -2.47. The minimum atomic E-state index is -0.436. The van der Waals surface area contributed by atoms with Crippen molar-refractivity contribution in [1.82, 2.24) is 4.90 Å². The second kappa shape index (κ2) is 7.10. The average Bonchev–Trinajstić information content (AvgIpc) is 2.50. The maximum Gasteiger partial charge on any atom is 0.229 e. The predicted molar refractivity (Wildman–Crippen MR) is 93.9 cm³/mol. The largest absolute Gasteiger partial charge is 0.341 e. The molecular formula is C17H22Cl2N2O2. The van der Waals surface area contributed by atoms with E-state index in [4.69, 9.17) is 23.2 Å². The number of rotatable bonds is 2. The molecule has 1 unspecified atom stereocenters. The topological polar surface area (TPSA) is 49.4 Å². The number of nitrogens with zero attached hydrogens (tertiary/aromatic N) is 1. The summed E-state index contributed by atoms with van der Waals surface area (Å²) in [6.45, 7) is 6.83. The Balaban J connectivity index is 2.05. The summed E-state index contributed by atoms with van der Waals surface area (Å²) >= 11 is 12.1. The highest BCUT2D eigenvalue weighted by molar-refractivity contribution is 6.44. The van der Waals surface area contributed by atoms with Crippen molar-refractivity contribution >= 4 is 40.7 Å². The lowest BCUT2D eigenvalue weighted by atomic mass is 9.91. The molecular weight excluding hydrogens is 335 g/mol. The molecule has 0 aromatic heterocycles. The van der Waals surface area contributed by atoms with Crippen molar-refractivity contribution in [2.75, 3.05) is 18.4 Å². The third-order valence-corrected chi connectivity index (χ3v) is 4.75. The monoisotopic (exact) mass is 356 g/mol. The van der Waals surface area contributed by atoms with Gasteiger partial charge >= 0.3 is 0 Å². The third-order valence-electron chi connectivity index (χ3n) is 3.93. The number of nitrogens with one attached hydrogen (secondary N) is 1. The standard InChI is InChI=1S/C17H22Cl2N2O2/c1-17(2,3)16(23)21-9-5-6-11(10-21)15(22)20-13-8-4-7-12(18)14(13)19/h4,7-8,11H,5-6,9-10H2,1-3H3,(H,20,22). The number of anilines is 1. The molecule has 2 amide bonds. The molecule has 1 saturated heterocycles. The lowest BCUT2D eigenvalue weighted by molar-refractivity contribution is -0.142. The second-order valence-electron chi connectivity index (χ2n) is 6.93. The molecule has 126 valence electrons. The fraction of sp³-hybridized carbons (Fsp3) is 0.529. The van der Waals surface area contributed by atoms with Crippen LogP contribution < -0.4 is 5.32 Å². The Kier molecular flexibility index (Phi) is 5.58. The Labute approximate surface area is 147 Å². The third kappa shape index (κ3) is 4.39. The summed E-state index contributed by atoms with van der Waals surface area (Å²) in [5.74, 6) is -0.276. The van der Waals surface area contributed by atoms with Gasteiger partial charge in [0.05, 0.1) is 21.7 Å². The van der Waals surface area contributed by atoms with Gasteiger partial charge in [-0.1, -0.05) is 50.0 Å². The predicted octanol–water partition coefficient (Wildman–Crippen LogP) is 4.22. The van der Waals surface area contributed by atoms with Crippen molar-refractivity contribution in [3.05, 3.63) is 28.2 Å². The van der Waals surface area contributed by atoms with E-state index in [0.29, 0.717) is 28.8 Å². The zero-order chi connectivity index (χ0) is 17.2. The molecule has 23 heavy (non-hydrogen) atoms. The lowest BCUT2D eigenvalue weighted by Gasteiger charge is -2.35. The van der Waals surface area contributed by atoms with Crippen LogP contribution in [0.4, 0.5) is 5.69 Å². The van der Waals surface area contributed by atoms with Crippen LogP contribution in [0.5, 0.6) is 0 Å². The Morgan fingerprint density at radius 3 is 2.61 bits per heavy atom. The van der Waals surface area contributed by atoms with Crippen LogP contribution in [0, 0.1) is 11.3 Å². The normalized spacial score (nSPS) is 18.7. The summed E-state index contributed by atoms with van der Waals surface area (Å²) in [5.41, 5.74) is 0.0673. The fourth-order valence-corrected chi connectivity index (χ4v) is 3.03. The summed E-state index contributed by atoms with van der Waals surface area (Å²) in [5, 5.41) is 3.56. The molecule has 1 aliphatic heterocycles. The zero-order valence-electron chi connectivity index (χ0n) is 13.7. The molecule has 1 atom stereocenters. The Morgan fingerprint density at radius 2 is 1.96 bits per heavy atom. The van der Waals surface area contributed by atoms with Gasteiger partial charge in [0.15, 0.2) is 0 Å². The first kappa shape index (κ1) is 18.1. The molecule has 1 N–H and O–H groups in total. The van der Waals surface area contributed by atoms with Crippen LogP contribution in [0.15, 0.2) is 18.2 Å². The maximum absolute atomic E-state index is 12.5. The van der Waals surface area contributed by atoms with Gasteiger partial charge in [0, 0.05) is 18.5 Å². The first-order valence-corrected chi connectivity index (χ1v) is 8.50. The van der Waals surface area contributed by atoms with Crippen LogP contribution in [0.25, 0.3) is 0 Å². The number of halogens is 2. The van der Waals surface area contributed by atoms with Gasteiger partial charge in [-0.05, 0) is 25.0 Å². The first-order chi connectivity index (χ1) is 10.7. The number of hydrogen-bond acceptors (Lipinski definition) is 2. The van der Waals surface area contributed by atoms with E-state index in [2.05, 4.69) is 5.32 Å². The average molecular weight is 357 g/mol. The van der Waals surface area contributed by atoms with Gasteiger partial charge in [-0.3, -0.25) is 9.59 Å². The Morgan fingerprint density at radius 1 is 1.26 bits per heavy atom. The highest BCUT2D eigenvalue weighted by Crippen LogP contribution is 2.30. The van der Waals surface area contributed by atoms with E-state index in [1.54, 1.807) is 23.1 Å². The number of amides is 2. The molecule has 1 fully saturated rings. The van der Waals surface area contributed by atoms with Crippen LogP contribution in [0.2, 0.25) is 10.0 Å². The molecule has 2 rings (SSSR count). The Hall–Kier alpha value is -1.26. The first-order valence-electron chi connectivity index (χ1n) is 7.74. The molecule has 0 saturated carbocycles. The van der Waals surface area contributed by atoms with Crippen molar-refractivity contribution in [1.29, 1.82) is 0 Å². The van der Waals surface area contributed by atoms with Crippen molar-refractivity contribution in [2.45, 2.75) is 33.6 Å². The number of carbonyl (C=O) groups is 2. The summed E-state index contributed by atoms with van der Waals surface area (Å²) in [7, 11) is 0. The molecule has 6 heteroatoms. The van der Waals surface area contributed by atoms with Gasteiger partial charge in [-0.25, -0.2) is 0 Å². The van der Waals surface area contributed by atoms with Crippen LogP contribution >= 0.6 is 23.2 Å². The highest BCUT2D eigenvalue weighted by Gasteiger charge is 2.33. The second-order valence-corrected chi connectivity index (χ2v) is 7.72. The van der Waals surface area contributed by atoms with E-state index in [0.717, 1.165) is 12.8 Å². The zero-order valence-corrected chi connectivity index (χ0v) is 15.2. The van der Waals surface area contributed by atoms with Crippen LogP contribution in [0.3, 0.4) is 0 Å². The summed E-state index contributed by atoms with van der Waals surface area (Å²) in [6, 6.07) is 5.12. The van der Waals surface area contributed by atoms with E-state index in [9.17, 15) is 9.59 Å². The van der Waals surface area contributed by atoms with E-state index >= 15 is 0 Å². The van der Waals surface area contributed by atoms with Gasteiger partial charge in [0.2, 0.25) is 11.8 Å². The molecule has 0 radical (unpaired) electrons. The fourth-order valence-electron chi connectivity index (χ4n) is 2.69. The number of carbonyl (C=O) groups excluding carboxylic acids is 2. The van der Waals surface area contributed by atoms with Crippen molar-refractivity contribution in [2.24, 2.45) is 11.3 Å². The summed E-state index contributed by atoms with van der Waals surface area (Å²) < 4.78 is 0. The number of benzene rings is 1. The van der Waals surface area contributed by atoms with Gasteiger partial charge in [0.1, 0.15) is 0 Å². The van der Waals surface area contributed by atoms with Crippen molar-refractivity contribution in [3.63, 3.8) is 0 Å². The van der Waals surface area contributed by atoms with Crippen LogP contribution in [0.1, 0.15) is 33.6 Å². The molecule has 1 aromatic rings. The Bertz CT molecular complexity index is 611. The number of hydrogen-bond donors (Lipinski definition) is 1. The minimum absolute atomic E-state index is 0.0794. The van der Waals surface area contributed by atoms with E-state index in [1.165, 1.54) is 0 Å². The number of likely N-dealkylation sites (tertiary alicyclic amines) is 1. The van der Waals surface area contributed by atoms with Gasteiger partial charge < -0.3 is 10.2 Å². The van der Waals surface area contributed by atoms with Gasteiger partial charge in [-0.15, -0.1) is 0 Å². The van der Waals surface area contributed by atoms with Crippen molar-refractivity contribution < 1.29 is 9.59 Å². The van der Waals surface area contributed by atoms with E-state index in [-0.39, 0.29) is 17.7 Å². The highest BCUT2D eigenvalue weighted by atomic mass is 35.5. The quantitative estimate of drug-likeness (QED) is 0.862.